The van der Waals surface area contributed by atoms with Gasteiger partial charge in [-0.05, 0) is 19.9 Å². The second-order valence-electron chi connectivity index (χ2n) is 4.48. The number of aliphatic hydroxyl groups is 1. The van der Waals surface area contributed by atoms with Crippen LogP contribution in [0.4, 0.5) is 0 Å². The van der Waals surface area contributed by atoms with E-state index in [1.54, 1.807) is 6.08 Å². The molecule has 0 heterocycles. The standard InChI is InChI=1S/C13H27NOSi/c1-7-12(14-8-2)13(6,15)16(9-3,10-4)11-5/h7,15H,1,8-11H2,2-6H3. The maximum absolute atomic E-state index is 10.9. The molecular formula is C13H27NOSi. The average molecular weight is 241 g/mol. The van der Waals surface area contributed by atoms with Crippen molar-refractivity contribution in [2.45, 2.75) is 58.0 Å². The fourth-order valence-electron chi connectivity index (χ4n) is 2.64. The lowest BCUT2D eigenvalue weighted by Crippen LogP contribution is -2.60. The third kappa shape index (κ3) is 2.63. The Morgan fingerprint density at radius 1 is 1.25 bits per heavy atom. The van der Waals surface area contributed by atoms with E-state index >= 15 is 0 Å². The van der Waals surface area contributed by atoms with Crippen molar-refractivity contribution in [2.24, 2.45) is 4.99 Å². The maximum atomic E-state index is 10.9. The molecule has 0 radical (unpaired) electrons. The van der Waals surface area contributed by atoms with Gasteiger partial charge in [-0.3, -0.25) is 4.99 Å². The summed E-state index contributed by atoms with van der Waals surface area (Å²) in [7, 11) is -1.71. The Morgan fingerprint density at radius 3 is 1.94 bits per heavy atom. The van der Waals surface area contributed by atoms with Gasteiger partial charge in [-0.2, -0.15) is 0 Å². The normalized spacial score (nSPS) is 17.0. The van der Waals surface area contributed by atoms with Crippen molar-refractivity contribution in [2.75, 3.05) is 6.54 Å². The minimum Gasteiger partial charge on any atom is -0.388 e. The van der Waals surface area contributed by atoms with Gasteiger partial charge >= 0.3 is 0 Å². The third-order valence-corrected chi connectivity index (χ3v) is 10.5. The Balaban J connectivity index is 5.42. The zero-order chi connectivity index (χ0) is 12.8. The Kier molecular flexibility index (Phi) is 6.19. The Bertz CT molecular complexity index is 246. The summed E-state index contributed by atoms with van der Waals surface area (Å²) < 4.78 is 0. The summed E-state index contributed by atoms with van der Waals surface area (Å²) in [6.07, 6.45) is 1.73. The van der Waals surface area contributed by atoms with Gasteiger partial charge in [-0.15, -0.1) is 0 Å². The van der Waals surface area contributed by atoms with E-state index in [0.717, 1.165) is 23.8 Å². The van der Waals surface area contributed by atoms with Crippen molar-refractivity contribution >= 4 is 13.8 Å². The van der Waals surface area contributed by atoms with Crippen LogP contribution in [-0.2, 0) is 0 Å². The molecular weight excluding hydrogens is 214 g/mol. The number of hydrogen-bond acceptors (Lipinski definition) is 2. The molecule has 3 heteroatoms. The molecule has 16 heavy (non-hydrogen) atoms. The molecule has 0 rings (SSSR count). The number of aliphatic imine (C=N–C) groups is 1. The van der Waals surface area contributed by atoms with Crippen LogP contribution in [0.15, 0.2) is 17.6 Å². The molecule has 1 atom stereocenters. The molecule has 1 N–H and O–H groups in total. The smallest absolute Gasteiger partial charge is 0.0977 e. The van der Waals surface area contributed by atoms with E-state index in [9.17, 15) is 5.11 Å². The first kappa shape index (κ1) is 15.6. The Hall–Kier alpha value is -0.413. The molecule has 0 spiro atoms. The highest BCUT2D eigenvalue weighted by Crippen LogP contribution is 2.33. The van der Waals surface area contributed by atoms with E-state index < -0.39 is 13.3 Å². The van der Waals surface area contributed by atoms with Gasteiger partial charge in [0.25, 0.3) is 0 Å². The molecule has 0 aliphatic rings. The van der Waals surface area contributed by atoms with Crippen molar-refractivity contribution < 1.29 is 5.11 Å². The highest BCUT2D eigenvalue weighted by Gasteiger charge is 2.47. The lowest BCUT2D eigenvalue weighted by atomic mass is 10.2. The number of hydrogen-bond donors (Lipinski definition) is 1. The molecule has 1 unspecified atom stereocenters. The zero-order valence-electron chi connectivity index (χ0n) is 11.5. The monoisotopic (exact) mass is 241 g/mol. The zero-order valence-corrected chi connectivity index (χ0v) is 12.5. The van der Waals surface area contributed by atoms with Crippen LogP contribution in [0.2, 0.25) is 18.1 Å². The first-order chi connectivity index (χ1) is 7.45. The van der Waals surface area contributed by atoms with Crippen LogP contribution in [0.1, 0.15) is 34.6 Å². The lowest BCUT2D eigenvalue weighted by Gasteiger charge is -2.42. The van der Waals surface area contributed by atoms with Crippen LogP contribution in [0, 0.1) is 0 Å². The van der Waals surface area contributed by atoms with Crippen LogP contribution in [0.3, 0.4) is 0 Å². The van der Waals surface area contributed by atoms with Crippen molar-refractivity contribution in [1.82, 2.24) is 0 Å². The van der Waals surface area contributed by atoms with Crippen molar-refractivity contribution in [1.29, 1.82) is 0 Å². The predicted molar refractivity (Wildman–Crippen MR) is 76.0 cm³/mol. The molecule has 0 bridgehead atoms. The molecule has 0 aliphatic heterocycles. The topological polar surface area (TPSA) is 32.6 Å². The number of nitrogens with zero attached hydrogens (tertiary/aromatic N) is 1. The molecule has 0 aromatic carbocycles. The van der Waals surface area contributed by atoms with Gasteiger partial charge in [0, 0.05) is 6.54 Å². The van der Waals surface area contributed by atoms with Crippen molar-refractivity contribution in [3.05, 3.63) is 12.7 Å². The summed E-state index contributed by atoms with van der Waals surface area (Å²) in [6, 6.07) is 3.26. The second kappa shape index (κ2) is 6.35. The van der Waals surface area contributed by atoms with Gasteiger partial charge in [-0.1, -0.05) is 45.5 Å². The molecule has 0 aromatic rings. The fraction of sp³-hybridized carbons (Fsp3) is 0.769. The first-order valence-electron chi connectivity index (χ1n) is 6.35. The van der Waals surface area contributed by atoms with E-state index in [-0.39, 0.29) is 0 Å². The third-order valence-electron chi connectivity index (χ3n) is 4.08. The summed E-state index contributed by atoms with van der Waals surface area (Å²) in [6.45, 7) is 15.0. The molecule has 0 aliphatic carbocycles. The molecule has 0 saturated heterocycles. The Morgan fingerprint density at radius 2 is 1.69 bits per heavy atom. The SMILES string of the molecule is C=CC(=NCC)C(C)(O)[Si](CC)(CC)CC. The summed E-state index contributed by atoms with van der Waals surface area (Å²) in [4.78, 5) is 4.41. The molecule has 0 aromatic heterocycles. The van der Waals surface area contributed by atoms with Gasteiger partial charge < -0.3 is 5.11 Å². The van der Waals surface area contributed by atoms with E-state index in [1.165, 1.54) is 0 Å². The predicted octanol–water partition coefficient (Wildman–Crippen LogP) is 3.43. The minimum absolute atomic E-state index is 0.707. The fourth-order valence-corrected chi connectivity index (χ4v) is 6.93. The molecule has 0 saturated carbocycles. The van der Waals surface area contributed by atoms with Gasteiger partial charge in [0.1, 0.15) is 0 Å². The van der Waals surface area contributed by atoms with Crippen LogP contribution in [0.25, 0.3) is 0 Å². The first-order valence-corrected chi connectivity index (χ1v) is 8.97. The van der Waals surface area contributed by atoms with Crippen LogP contribution in [-0.4, -0.2) is 30.7 Å². The molecule has 94 valence electrons. The lowest BCUT2D eigenvalue weighted by molar-refractivity contribution is 0.204. The van der Waals surface area contributed by atoms with Crippen LogP contribution in [0.5, 0.6) is 0 Å². The average Bonchev–Trinajstić information content (AvgIpc) is 2.28. The molecule has 2 nitrogen and oxygen atoms in total. The van der Waals surface area contributed by atoms with Gasteiger partial charge in [0.05, 0.1) is 19.0 Å². The summed E-state index contributed by atoms with van der Waals surface area (Å²) in [5.74, 6) is 0. The minimum atomic E-state index is -1.71. The van der Waals surface area contributed by atoms with E-state index in [0.29, 0.717) is 6.54 Å². The second-order valence-corrected chi connectivity index (χ2v) is 10.1. The quantitative estimate of drug-likeness (QED) is 0.537. The van der Waals surface area contributed by atoms with E-state index in [4.69, 9.17) is 0 Å². The van der Waals surface area contributed by atoms with Crippen LogP contribution < -0.4 is 0 Å². The van der Waals surface area contributed by atoms with Crippen molar-refractivity contribution in [3.63, 3.8) is 0 Å². The highest BCUT2D eigenvalue weighted by atomic mass is 28.3. The Labute approximate surface area is 101 Å². The van der Waals surface area contributed by atoms with Gasteiger partial charge in [0.2, 0.25) is 0 Å². The summed E-state index contributed by atoms with van der Waals surface area (Å²) >= 11 is 0. The summed E-state index contributed by atoms with van der Waals surface area (Å²) in [5.41, 5.74) is 0.784. The van der Waals surface area contributed by atoms with Crippen molar-refractivity contribution in [3.8, 4) is 0 Å². The van der Waals surface area contributed by atoms with E-state index in [2.05, 4.69) is 32.3 Å². The van der Waals surface area contributed by atoms with Gasteiger partial charge in [-0.25, -0.2) is 0 Å². The summed E-state index contributed by atoms with van der Waals surface area (Å²) in [5, 5.41) is 10.1. The maximum Gasteiger partial charge on any atom is 0.0977 e. The van der Waals surface area contributed by atoms with Gasteiger partial charge in [0.15, 0.2) is 0 Å². The number of rotatable bonds is 7. The molecule has 0 fully saturated rings. The van der Waals surface area contributed by atoms with E-state index in [1.807, 2.05) is 13.8 Å². The highest BCUT2D eigenvalue weighted by molar-refractivity contribution is 6.85. The van der Waals surface area contributed by atoms with Crippen LogP contribution >= 0.6 is 0 Å². The molecule has 0 amide bonds. The largest absolute Gasteiger partial charge is 0.388 e.